The van der Waals surface area contributed by atoms with Gasteiger partial charge in [-0.15, -0.1) is 0 Å². The van der Waals surface area contributed by atoms with Gasteiger partial charge in [-0.1, -0.05) is 22.0 Å². The quantitative estimate of drug-likeness (QED) is 0.492. The third-order valence-corrected chi connectivity index (χ3v) is 3.24. The molecular formula is C16H9BrF2O4. The van der Waals surface area contributed by atoms with Crippen LogP contribution in [0.25, 0.3) is 6.08 Å². The minimum Gasteiger partial charge on any atom is -0.478 e. The summed E-state index contributed by atoms with van der Waals surface area (Å²) >= 11 is 3.20. The Labute approximate surface area is 138 Å². The van der Waals surface area contributed by atoms with Crippen LogP contribution in [0, 0.1) is 11.6 Å². The maximum absolute atomic E-state index is 13.6. The fraction of sp³-hybridized carbons (Fsp3) is 0. The molecular weight excluding hydrogens is 374 g/mol. The van der Waals surface area contributed by atoms with Gasteiger partial charge in [0.2, 0.25) is 0 Å². The van der Waals surface area contributed by atoms with Crippen molar-refractivity contribution in [3.05, 3.63) is 69.7 Å². The SMILES string of the molecule is O=C(O)/C=C/c1cc(Br)ccc1OC(=O)c1c(F)cccc1F. The van der Waals surface area contributed by atoms with Crippen molar-refractivity contribution in [3.8, 4) is 5.75 Å². The monoisotopic (exact) mass is 382 g/mol. The topological polar surface area (TPSA) is 63.6 Å². The number of carbonyl (C=O) groups excluding carboxylic acids is 1. The van der Waals surface area contributed by atoms with E-state index in [1.807, 2.05) is 0 Å². The summed E-state index contributed by atoms with van der Waals surface area (Å²) in [6.45, 7) is 0. The third-order valence-electron chi connectivity index (χ3n) is 2.75. The smallest absolute Gasteiger partial charge is 0.349 e. The van der Waals surface area contributed by atoms with Crippen LogP contribution in [0.5, 0.6) is 5.75 Å². The van der Waals surface area contributed by atoms with Gasteiger partial charge in [-0.3, -0.25) is 0 Å². The van der Waals surface area contributed by atoms with Crippen LogP contribution >= 0.6 is 15.9 Å². The van der Waals surface area contributed by atoms with E-state index >= 15 is 0 Å². The number of hydrogen-bond donors (Lipinski definition) is 1. The average molecular weight is 383 g/mol. The Bertz CT molecular complexity index is 782. The van der Waals surface area contributed by atoms with Crippen LogP contribution in [0.15, 0.2) is 46.9 Å². The van der Waals surface area contributed by atoms with E-state index in [2.05, 4.69) is 15.9 Å². The molecule has 2 rings (SSSR count). The Morgan fingerprint density at radius 2 is 1.78 bits per heavy atom. The number of benzene rings is 2. The molecule has 0 aliphatic rings. The molecule has 2 aromatic rings. The van der Waals surface area contributed by atoms with E-state index in [0.29, 0.717) is 4.47 Å². The van der Waals surface area contributed by atoms with E-state index in [4.69, 9.17) is 9.84 Å². The van der Waals surface area contributed by atoms with Gasteiger partial charge in [0.15, 0.2) is 0 Å². The second kappa shape index (κ2) is 7.15. The minimum atomic E-state index is -1.21. The Hall–Kier alpha value is -2.54. The molecule has 0 saturated carbocycles. The molecule has 4 nitrogen and oxygen atoms in total. The van der Waals surface area contributed by atoms with E-state index in [-0.39, 0.29) is 11.3 Å². The highest BCUT2D eigenvalue weighted by Gasteiger charge is 2.20. The van der Waals surface area contributed by atoms with Crippen molar-refractivity contribution in [1.29, 1.82) is 0 Å². The van der Waals surface area contributed by atoms with Crippen LogP contribution in [-0.4, -0.2) is 17.0 Å². The average Bonchev–Trinajstić information content (AvgIpc) is 2.47. The number of carboxylic acid groups (broad SMARTS) is 1. The molecule has 0 amide bonds. The van der Waals surface area contributed by atoms with E-state index < -0.39 is 29.1 Å². The molecule has 0 aliphatic carbocycles. The van der Waals surface area contributed by atoms with Gasteiger partial charge in [-0.05, 0) is 36.4 Å². The number of esters is 1. The molecule has 0 fully saturated rings. The highest BCUT2D eigenvalue weighted by molar-refractivity contribution is 9.10. The second-order valence-corrected chi connectivity index (χ2v) is 5.26. The first kappa shape index (κ1) is 16.8. The molecule has 0 spiro atoms. The first-order valence-corrected chi connectivity index (χ1v) is 7.04. The molecule has 0 aromatic heterocycles. The summed E-state index contributed by atoms with van der Waals surface area (Å²) in [4.78, 5) is 22.6. The summed E-state index contributed by atoms with van der Waals surface area (Å²) in [6.07, 6.45) is 2.05. The number of carboxylic acids is 1. The Morgan fingerprint density at radius 1 is 1.13 bits per heavy atom. The van der Waals surface area contributed by atoms with Gasteiger partial charge in [0.25, 0.3) is 0 Å². The molecule has 0 aliphatic heterocycles. The zero-order valence-corrected chi connectivity index (χ0v) is 13.0. The molecule has 0 heterocycles. The largest absolute Gasteiger partial charge is 0.478 e. The highest BCUT2D eigenvalue weighted by Crippen LogP contribution is 2.26. The number of carbonyl (C=O) groups is 2. The summed E-state index contributed by atoms with van der Waals surface area (Å²) in [5.74, 6) is -4.53. The predicted octanol–water partition coefficient (Wildman–Crippen LogP) is 4.04. The standard InChI is InChI=1S/C16H9BrF2O4/c17-10-5-6-13(9(8-10)4-7-14(20)21)23-16(22)15-11(18)2-1-3-12(15)19/h1-8H,(H,20,21)/b7-4+. The third kappa shape index (κ3) is 4.23. The first-order chi connectivity index (χ1) is 10.9. The van der Waals surface area contributed by atoms with Gasteiger partial charge in [0.05, 0.1) is 0 Å². The predicted molar refractivity (Wildman–Crippen MR) is 82.1 cm³/mol. The molecule has 0 radical (unpaired) electrons. The fourth-order valence-electron chi connectivity index (χ4n) is 1.75. The zero-order chi connectivity index (χ0) is 17.0. The minimum absolute atomic E-state index is 0.0293. The van der Waals surface area contributed by atoms with Crippen molar-refractivity contribution < 1.29 is 28.2 Å². The lowest BCUT2D eigenvalue weighted by atomic mass is 10.1. The molecule has 0 atom stereocenters. The zero-order valence-electron chi connectivity index (χ0n) is 11.4. The van der Waals surface area contributed by atoms with Crippen molar-refractivity contribution in [2.45, 2.75) is 0 Å². The number of rotatable bonds is 4. The Morgan fingerprint density at radius 3 is 2.39 bits per heavy atom. The van der Waals surface area contributed by atoms with Gasteiger partial charge < -0.3 is 9.84 Å². The van der Waals surface area contributed by atoms with Crippen LogP contribution in [-0.2, 0) is 4.79 Å². The van der Waals surface area contributed by atoms with Gasteiger partial charge in [-0.25, -0.2) is 18.4 Å². The van der Waals surface area contributed by atoms with Crippen molar-refractivity contribution in [2.75, 3.05) is 0 Å². The first-order valence-electron chi connectivity index (χ1n) is 6.25. The van der Waals surface area contributed by atoms with Crippen molar-refractivity contribution in [3.63, 3.8) is 0 Å². The van der Waals surface area contributed by atoms with Crippen LogP contribution in [0.2, 0.25) is 0 Å². The Kier molecular flexibility index (Phi) is 5.23. The molecule has 7 heteroatoms. The van der Waals surface area contributed by atoms with Gasteiger partial charge in [-0.2, -0.15) is 0 Å². The number of halogens is 3. The molecule has 1 N–H and O–H groups in total. The van der Waals surface area contributed by atoms with Crippen molar-refractivity contribution in [1.82, 2.24) is 0 Å². The van der Waals surface area contributed by atoms with Crippen LogP contribution in [0.1, 0.15) is 15.9 Å². The molecule has 0 saturated heterocycles. The van der Waals surface area contributed by atoms with E-state index in [0.717, 1.165) is 24.3 Å². The fourth-order valence-corrected chi connectivity index (χ4v) is 2.13. The normalized spacial score (nSPS) is 10.7. The highest BCUT2D eigenvalue weighted by atomic mass is 79.9. The summed E-state index contributed by atoms with van der Waals surface area (Å²) in [5.41, 5.74) is -0.560. The number of hydrogen-bond acceptors (Lipinski definition) is 3. The van der Waals surface area contributed by atoms with Crippen LogP contribution in [0.3, 0.4) is 0 Å². The molecule has 0 bridgehead atoms. The number of ether oxygens (including phenoxy) is 1. The van der Waals surface area contributed by atoms with E-state index in [1.165, 1.54) is 18.2 Å². The van der Waals surface area contributed by atoms with Gasteiger partial charge in [0.1, 0.15) is 22.9 Å². The molecule has 0 unspecified atom stereocenters. The van der Waals surface area contributed by atoms with E-state index in [1.54, 1.807) is 6.07 Å². The molecule has 118 valence electrons. The van der Waals surface area contributed by atoms with Crippen LogP contribution in [0.4, 0.5) is 8.78 Å². The summed E-state index contributed by atoms with van der Waals surface area (Å²) < 4.78 is 32.8. The maximum atomic E-state index is 13.6. The lowest BCUT2D eigenvalue weighted by molar-refractivity contribution is -0.131. The second-order valence-electron chi connectivity index (χ2n) is 4.34. The van der Waals surface area contributed by atoms with Gasteiger partial charge in [0, 0.05) is 16.1 Å². The lowest BCUT2D eigenvalue weighted by Crippen LogP contribution is -2.13. The van der Waals surface area contributed by atoms with Crippen molar-refractivity contribution >= 4 is 33.9 Å². The Balaban J connectivity index is 2.36. The van der Waals surface area contributed by atoms with E-state index in [9.17, 15) is 18.4 Å². The number of aliphatic carboxylic acids is 1. The summed E-state index contributed by atoms with van der Waals surface area (Å²) in [7, 11) is 0. The van der Waals surface area contributed by atoms with Gasteiger partial charge >= 0.3 is 11.9 Å². The van der Waals surface area contributed by atoms with Crippen molar-refractivity contribution in [2.24, 2.45) is 0 Å². The molecule has 23 heavy (non-hydrogen) atoms. The summed E-state index contributed by atoms with van der Waals surface area (Å²) in [6, 6.07) is 7.42. The lowest BCUT2D eigenvalue weighted by Gasteiger charge is -2.09. The molecule has 2 aromatic carbocycles. The van der Waals surface area contributed by atoms with Crippen LogP contribution < -0.4 is 4.74 Å². The summed E-state index contributed by atoms with van der Waals surface area (Å²) in [5, 5.41) is 8.66. The maximum Gasteiger partial charge on any atom is 0.349 e.